The van der Waals surface area contributed by atoms with E-state index in [0.717, 1.165) is 57.8 Å². The van der Waals surface area contributed by atoms with Crippen molar-refractivity contribution in [2.24, 2.45) is 0 Å². The molecule has 362 valence electrons. The Kier molecular flexibility index (Phi) is 44.8. The van der Waals surface area contributed by atoms with Gasteiger partial charge in [0.1, 0.15) is 19.3 Å². The molecule has 2 unspecified atom stereocenters. The van der Waals surface area contributed by atoms with E-state index in [1.54, 1.807) is 0 Å². The zero-order valence-electron chi connectivity index (χ0n) is 41.1. The maximum Gasteiger partial charge on any atom is 0.306 e. The Bertz CT molecular complexity index is 1030. The summed E-state index contributed by atoms with van der Waals surface area (Å²) in [6.07, 6.45) is 53.5. The maximum absolute atomic E-state index is 12.7. The molecule has 0 aliphatic rings. The molecule has 0 N–H and O–H groups in total. The van der Waals surface area contributed by atoms with Crippen LogP contribution in [0.2, 0.25) is 0 Å². The second-order valence-corrected chi connectivity index (χ2v) is 20.3. The molecule has 0 aromatic carbocycles. The van der Waals surface area contributed by atoms with E-state index in [1.807, 2.05) is 21.1 Å². The van der Waals surface area contributed by atoms with E-state index in [9.17, 15) is 14.3 Å². The minimum atomic E-state index is -4.53. The molecule has 0 saturated carbocycles. The molecular formula is C52H102NO7P. The molecule has 0 fully saturated rings. The van der Waals surface area contributed by atoms with Gasteiger partial charge in [0, 0.05) is 13.0 Å². The lowest BCUT2D eigenvalue weighted by atomic mass is 10.0. The van der Waals surface area contributed by atoms with Crippen molar-refractivity contribution in [2.75, 3.05) is 54.1 Å². The van der Waals surface area contributed by atoms with E-state index < -0.39 is 13.9 Å². The average molecular weight is 884 g/mol. The lowest BCUT2D eigenvalue weighted by Gasteiger charge is -2.28. The first-order chi connectivity index (χ1) is 29.6. The van der Waals surface area contributed by atoms with E-state index in [2.05, 4.69) is 38.2 Å². The number of likely N-dealkylation sites (N-methyl/N-ethyl adjacent to an activating group) is 1. The fraction of sp³-hybridized carbons (Fsp3) is 0.904. The third kappa shape index (κ3) is 49.8. The van der Waals surface area contributed by atoms with Crippen molar-refractivity contribution in [1.29, 1.82) is 0 Å². The fourth-order valence-corrected chi connectivity index (χ4v) is 8.19. The van der Waals surface area contributed by atoms with Gasteiger partial charge in [0.05, 0.1) is 34.4 Å². The van der Waals surface area contributed by atoms with Crippen LogP contribution in [-0.4, -0.2) is 70.7 Å². The van der Waals surface area contributed by atoms with E-state index in [4.69, 9.17) is 18.5 Å². The molecule has 9 heteroatoms. The molecule has 0 spiro atoms. The molecule has 0 saturated heterocycles. The van der Waals surface area contributed by atoms with Gasteiger partial charge >= 0.3 is 5.97 Å². The summed E-state index contributed by atoms with van der Waals surface area (Å²) < 4.78 is 34.7. The number of ether oxygens (including phenoxy) is 2. The monoisotopic (exact) mass is 884 g/mol. The van der Waals surface area contributed by atoms with Crippen LogP contribution in [0.5, 0.6) is 0 Å². The molecule has 0 radical (unpaired) electrons. The predicted molar refractivity (Wildman–Crippen MR) is 259 cm³/mol. The number of quaternary nitrogens is 1. The summed E-state index contributed by atoms with van der Waals surface area (Å²) >= 11 is 0. The van der Waals surface area contributed by atoms with Crippen molar-refractivity contribution in [3.63, 3.8) is 0 Å². The number of carbonyl (C=O) groups excluding carboxylic acids is 1. The summed E-state index contributed by atoms with van der Waals surface area (Å²) in [5.41, 5.74) is 0. The largest absolute Gasteiger partial charge is 0.756 e. The Morgan fingerprint density at radius 3 is 1.34 bits per heavy atom. The van der Waals surface area contributed by atoms with Gasteiger partial charge in [-0.3, -0.25) is 9.36 Å². The zero-order valence-corrected chi connectivity index (χ0v) is 42.0. The average Bonchev–Trinajstić information content (AvgIpc) is 3.22. The molecule has 8 nitrogen and oxygen atoms in total. The Labute approximate surface area is 379 Å². The predicted octanol–water partition coefficient (Wildman–Crippen LogP) is 15.3. The van der Waals surface area contributed by atoms with Crippen molar-refractivity contribution < 1.29 is 37.3 Å². The molecule has 0 aliphatic heterocycles. The minimum absolute atomic E-state index is 0.0255. The van der Waals surface area contributed by atoms with Gasteiger partial charge in [-0.25, -0.2) is 0 Å². The topological polar surface area (TPSA) is 94.1 Å². The fourth-order valence-electron chi connectivity index (χ4n) is 7.46. The van der Waals surface area contributed by atoms with E-state index >= 15 is 0 Å². The number of nitrogens with zero attached hydrogens (tertiary/aromatic N) is 1. The van der Waals surface area contributed by atoms with Gasteiger partial charge in [0.2, 0.25) is 0 Å². The van der Waals surface area contributed by atoms with Gasteiger partial charge in [-0.15, -0.1) is 0 Å². The van der Waals surface area contributed by atoms with Crippen LogP contribution in [0.1, 0.15) is 245 Å². The van der Waals surface area contributed by atoms with Gasteiger partial charge < -0.3 is 27.9 Å². The van der Waals surface area contributed by atoms with E-state index in [0.29, 0.717) is 24.1 Å². The SMILES string of the molecule is CCCCCC/C=C\C/C=C\CCCCCCCC(=O)OC(COCCCCCCCCCCCCCCCCCCCCCCCCC)COP(=O)([O-])OCC[N+](C)(C)C. The number of hydrogen-bond donors (Lipinski definition) is 0. The van der Waals surface area contributed by atoms with Crippen molar-refractivity contribution in [3.8, 4) is 0 Å². The smallest absolute Gasteiger partial charge is 0.306 e. The van der Waals surface area contributed by atoms with Crippen LogP contribution in [0.3, 0.4) is 0 Å². The number of carbonyl (C=O) groups is 1. The quantitative estimate of drug-likeness (QED) is 0.0197. The summed E-state index contributed by atoms with van der Waals surface area (Å²) in [5.74, 6) is -0.343. The van der Waals surface area contributed by atoms with Crippen molar-refractivity contribution in [1.82, 2.24) is 0 Å². The van der Waals surface area contributed by atoms with Crippen LogP contribution in [-0.2, 0) is 27.9 Å². The minimum Gasteiger partial charge on any atom is -0.756 e. The lowest BCUT2D eigenvalue weighted by molar-refractivity contribution is -0.870. The van der Waals surface area contributed by atoms with Crippen LogP contribution in [0, 0.1) is 0 Å². The van der Waals surface area contributed by atoms with Crippen molar-refractivity contribution in [3.05, 3.63) is 24.3 Å². The van der Waals surface area contributed by atoms with Gasteiger partial charge in [0.15, 0.2) is 0 Å². The second-order valence-electron chi connectivity index (χ2n) is 18.9. The maximum atomic E-state index is 12.7. The number of unbranched alkanes of at least 4 members (excludes halogenated alkanes) is 31. The number of rotatable bonds is 49. The van der Waals surface area contributed by atoms with E-state index in [-0.39, 0.29) is 25.8 Å². The highest BCUT2D eigenvalue weighted by Gasteiger charge is 2.20. The number of allylic oxidation sites excluding steroid dienone is 4. The molecule has 0 aliphatic carbocycles. The molecule has 0 aromatic heterocycles. The first-order valence-corrected chi connectivity index (χ1v) is 27.5. The summed E-state index contributed by atoms with van der Waals surface area (Å²) in [6.45, 7) is 5.43. The van der Waals surface area contributed by atoms with Crippen molar-refractivity contribution in [2.45, 2.75) is 251 Å². The number of esters is 1. The molecule has 2 atom stereocenters. The first-order valence-electron chi connectivity index (χ1n) is 26.1. The third-order valence-electron chi connectivity index (χ3n) is 11.5. The highest BCUT2D eigenvalue weighted by molar-refractivity contribution is 7.45. The van der Waals surface area contributed by atoms with Crippen LogP contribution >= 0.6 is 7.82 Å². The Morgan fingerprint density at radius 1 is 0.508 bits per heavy atom. The summed E-state index contributed by atoms with van der Waals surface area (Å²) in [6, 6.07) is 0. The Hall–Kier alpha value is -1.02. The number of phosphoric acid groups is 1. The summed E-state index contributed by atoms with van der Waals surface area (Å²) in [4.78, 5) is 25.1. The second kappa shape index (κ2) is 45.5. The summed E-state index contributed by atoms with van der Waals surface area (Å²) in [7, 11) is 1.36. The highest BCUT2D eigenvalue weighted by Crippen LogP contribution is 2.38. The molecular weight excluding hydrogens is 782 g/mol. The highest BCUT2D eigenvalue weighted by atomic mass is 31.2. The summed E-state index contributed by atoms with van der Waals surface area (Å²) in [5, 5.41) is 0. The standard InChI is InChI=1S/C52H102NO7P/c1-6-8-10-12-14-16-18-20-22-24-25-26-27-28-29-30-32-34-36-38-40-42-44-47-57-49-51(50-59-61(55,56)58-48-46-53(3,4)5)60-52(54)45-43-41-39-37-35-33-31-23-21-19-17-15-13-11-9-7-2/h17,19,23,31,51H,6-16,18,20-22,24-30,32-50H2,1-5H3/b19-17-,31-23-. The molecule has 61 heavy (non-hydrogen) atoms. The van der Waals surface area contributed by atoms with Gasteiger partial charge in [-0.05, 0) is 44.9 Å². The Morgan fingerprint density at radius 2 is 0.902 bits per heavy atom. The van der Waals surface area contributed by atoms with Crippen LogP contribution in [0.25, 0.3) is 0 Å². The van der Waals surface area contributed by atoms with E-state index in [1.165, 1.54) is 167 Å². The number of hydrogen-bond acceptors (Lipinski definition) is 7. The van der Waals surface area contributed by atoms with Gasteiger partial charge in [-0.2, -0.15) is 0 Å². The Balaban J connectivity index is 4.08. The molecule has 0 bridgehead atoms. The lowest BCUT2D eigenvalue weighted by Crippen LogP contribution is -2.37. The first kappa shape index (κ1) is 60.0. The third-order valence-corrected chi connectivity index (χ3v) is 12.5. The van der Waals surface area contributed by atoms with Crippen LogP contribution in [0.15, 0.2) is 24.3 Å². The zero-order chi connectivity index (χ0) is 44.8. The van der Waals surface area contributed by atoms with Crippen LogP contribution < -0.4 is 4.89 Å². The molecule has 0 aromatic rings. The molecule has 0 rings (SSSR count). The van der Waals surface area contributed by atoms with Gasteiger partial charge in [0.25, 0.3) is 7.82 Å². The van der Waals surface area contributed by atoms with Crippen LogP contribution in [0.4, 0.5) is 0 Å². The van der Waals surface area contributed by atoms with Crippen molar-refractivity contribution >= 4 is 13.8 Å². The normalized spacial score (nSPS) is 13.7. The number of phosphoric ester groups is 1. The molecule has 0 amide bonds. The van der Waals surface area contributed by atoms with Gasteiger partial charge in [-0.1, -0.05) is 218 Å². The molecule has 0 heterocycles.